The number of hydrogen-bond donors (Lipinski definition) is 1. The molecule has 4 nitrogen and oxygen atoms in total. The molecule has 1 aliphatic heterocycles. The average Bonchev–Trinajstić information content (AvgIpc) is 2.90. The summed E-state index contributed by atoms with van der Waals surface area (Å²) in [7, 11) is 1.64. The fourth-order valence-corrected chi connectivity index (χ4v) is 3.14. The summed E-state index contributed by atoms with van der Waals surface area (Å²) >= 11 is 0. The van der Waals surface area contributed by atoms with E-state index in [4.69, 9.17) is 0 Å². The third-order valence-corrected chi connectivity index (χ3v) is 4.51. The molecule has 0 unspecified atom stereocenters. The number of hydrogen-bond acceptors (Lipinski definition) is 2. The van der Waals surface area contributed by atoms with E-state index in [1.165, 1.54) is 29.2 Å². The van der Waals surface area contributed by atoms with E-state index < -0.39 is 12.0 Å². The zero-order valence-electron chi connectivity index (χ0n) is 13.7. The predicted molar refractivity (Wildman–Crippen MR) is 88.3 cm³/mol. The molecule has 1 N–H and O–H groups in total. The van der Waals surface area contributed by atoms with E-state index in [0.717, 1.165) is 11.1 Å². The lowest BCUT2D eigenvalue weighted by atomic mass is 9.93. The van der Waals surface area contributed by atoms with Crippen LogP contribution in [0.1, 0.15) is 23.6 Å². The first-order chi connectivity index (χ1) is 12.0. The first kappa shape index (κ1) is 17.1. The van der Waals surface area contributed by atoms with Crippen LogP contribution < -0.4 is 5.32 Å². The molecule has 1 fully saturated rings. The van der Waals surface area contributed by atoms with Gasteiger partial charge in [-0.05, 0) is 35.4 Å². The molecule has 1 aliphatic rings. The molecule has 1 saturated heterocycles. The van der Waals surface area contributed by atoms with Crippen molar-refractivity contribution < 1.29 is 18.4 Å². The number of likely N-dealkylation sites (tertiary alicyclic amines) is 1. The van der Waals surface area contributed by atoms with Crippen LogP contribution >= 0.6 is 0 Å². The van der Waals surface area contributed by atoms with Gasteiger partial charge < -0.3 is 10.2 Å². The van der Waals surface area contributed by atoms with Crippen molar-refractivity contribution in [3.05, 3.63) is 71.3 Å². The summed E-state index contributed by atoms with van der Waals surface area (Å²) in [6.45, 7) is 0.254. The van der Waals surface area contributed by atoms with Crippen molar-refractivity contribution in [2.24, 2.45) is 5.92 Å². The van der Waals surface area contributed by atoms with E-state index in [1.54, 1.807) is 31.3 Å². The average molecular weight is 344 g/mol. The zero-order chi connectivity index (χ0) is 18.0. The molecule has 0 spiro atoms. The third-order valence-electron chi connectivity index (χ3n) is 4.51. The van der Waals surface area contributed by atoms with Crippen LogP contribution in [-0.2, 0) is 16.1 Å². The summed E-state index contributed by atoms with van der Waals surface area (Å²) in [6, 6.07) is 11.2. The first-order valence-electron chi connectivity index (χ1n) is 7.99. The Labute approximate surface area is 144 Å². The van der Waals surface area contributed by atoms with Crippen molar-refractivity contribution in [3.8, 4) is 0 Å². The minimum atomic E-state index is -0.552. The van der Waals surface area contributed by atoms with E-state index in [0.29, 0.717) is 0 Å². The zero-order valence-corrected chi connectivity index (χ0v) is 13.7. The lowest BCUT2D eigenvalue weighted by molar-refractivity contribution is -0.128. The van der Waals surface area contributed by atoms with Gasteiger partial charge >= 0.3 is 0 Å². The van der Waals surface area contributed by atoms with Crippen molar-refractivity contribution in [1.82, 2.24) is 10.2 Å². The normalized spacial score (nSPS) is 20.0. The van der Waals surface area contributed by atoms with E-state index in [-0.39, 0.29) is 36.4 Å². The van der Waals surface area contributed by atoms with Crippen LogP contribution in [0, 0.1) is 17.6 Å². The highest BCUT2D eigenvalue weighted by molar-refractivity contribution is 5.90. The van der Waals surface area contributed by atoms with Crippen molar-refractivity contribution >= 4 is 11.8 Å². The van der Waals surface area contributed by atoms with Gasteiger partial charge in [-0.2, -0.15) is 0 Å². The number of benzene rings is 2. The van der Waals surface area contributed by atoms with Gasteiger partial charge in [0.15, 0.2) is 0 Å². The second kappa shape index (κ2) is 7.01. The SMILES string of the molecule is CN1C(=O)C[C@H](C(=O)NCc2ccc(F)cc2)[C@@H]1c1ccc(F)cc1. The maximum atomic E-state index is 13.2. The number of nitrogens with zero attached hydrogens (tertiary/aromatic N) is 1. The highest BCUT2D eigenvalue weighted by Gasteiger charge is 2.42. The third kappa shape index (κ3) is 3.68. The molecular formula is C19H18F2N2O2. The quantitative estimate of drug-likeness (QED) is 0.927. The second-order valence-electron chi connectivity index (χ2n) is 6.16. The predicted octanol–water partition coefficient (Wildman–Crippen LogP) is 2.80. The Bertz CT molecular complexity index is 775. The van der Waals surface area contributed by atoms with Gasteiger partial charge in [0.25, 0.3) is 0 Å². The van der Waals surface area contributed by atoms with Gasteiger partial charge in [0, 0.05) is 20.0 Å². The summed E-state index contributed by atoms with van der Waals surface area (Å²) < 4.78 is 26.1. The van der Waals surface area contributed by atoms with E-state index >= 15 is 0 Å². The van der Waals surface area contributed by atoms with Crippen molar-refractivity contribution in [3.63, 3.8) is 0 Å². The van der Waals surface area contributed by atoms with Gasteiger partial charge in [-0.15, -0.1) is 0 Å². The van der Waals surface area contributed by atoms with Crippen LogP contribution in [0.25, 0.3) is 0 Å². The van der Waals surface area contributed by atoms with Crippen molar-refractivity contribution in [1.29, 1.82) is 0 Å². The molecule has 2 aromatic rings. The van der Waals surface area contributed by atoms with Crippen molar-refractivity contribution in [2.75, 3.05) is 7.05 Å². The summed E-state index contributed by atoms with van der Waals surface area (Å²) in [4.78, 5) is 26.2. The Kier molecular flexibility index (Phi) is 4.79. The van der Waals surface area contributed by atoms with Crippen molar-refractivity contribution in [2.45, 2.75) is 19.0 Å². The Morgan fingerprint density at radius 2 is 1.64 bits per heavy atom. The van der Waals surface area contributed by atoms with Crippen LogP contribution in [-0.4, -0.2) is 23.8 Å². The molecule has 0 aromatic heterocycles. The second-order valence-corrected chi connectivity index (χ2v) is 6.16. The van der Waals surface area contributed by atoms with Crippen LogP contribution in [0.5, 0.6) is 0 Å². The standard InChI is InChI=1S/C19H18F2N2O2/c1-23-17(24)10-16(18(23)13-4-8-15(21)9-5-13)19(25)22-11-12-2-6-14(20)7-3-12/h2-9,16,18H,10-11H2,1H3,(H,22,25)/t16-,18-/m0/s1. The molecule has 25 heavy (non-hydrogen) atoms. The van der Waals surface area contributed by atoms with Gasteiger partial charge in [0.05, 0.1) is 12.0 Å². The molecule has 0 saturated carbocycles. The van der Waals surface area contributed by atoms with E-state index in [1.807, 2.05) is 0 Å². The smallest absolute Gasteiger partial charge is 0.226 e. The van der Waals surface area contributed by atoms with Crippen LogP contribution in [0.15, 0.2) is 48.5 Å². The monoisotopic (exact) mass is 344 g/mol. The molecule has 0 aliphatic carbocycles. The lowest BCUT2D eigenvalue weighted by Gasteiger charge is -2.25. The molecule has 0 radical (unpaired) electrons. The molecule has 2 atom stereocenters. The van der Waals surface area contributed by atoms with Gasteiger partial charge in [0.2, 0.25) is 11.8 Å². The highest BCUT2D eigenvalue weighted by Crippen LogP contribution is 2.37. The maximum Gasteiger partial charge on any atom is 0.226 e. The number of nitrogens with one attached hydrogen (secondary N) is 1. The van der Waals surface area contributed by atoms with E-state index in [2.05, 4.69) is 5.32 Å². The van der Waals surface area contributed by atoms with E-state index in [9.17, 15) is 18.4 Å². The fraction of sp³-hybridized carbons (Fsp3) is 0.263. The largest absolute Gasteiger partial charge is 0.352 e. The summed E-state index contributed by atoms with van der Waals surface area (Å²) in [5.41, 5.74) is 1.49. The maximum absolute atomic E-state index is 13.2. The molecule has 1 heterocycles. The van der Waals surface area contributed by atoms with Crippen LogP contribution in [0.2, 0.25) is 0 Å². The van der Waals surface area contributed by atoms with Crippen LogP contribution in [0.4, 0.5) is 8.78 Å². The van der Waals surface area contributed by atoms with Crippen LogP contribution in [0.3, 0.4) is 0 Å². The Morgan fingerprint density at radius 1 is 1.08 bits per heavy atom. The number of rotatable bonds is 4. The molecular weight excluding hydrogens is 326 g/mol. The molecule has 0 bridgehead atoms. The molecule has 130 valence electrons. The molecule has 2 amide bonds. The number of carbonyl (C=O) groups excluding carboxylic acids is 2. The number of halogens is 2. The minimum absolute atomic E-state index is 0.105. The Hall–Kier alpha value is -2.76. The van der Waals surface area contributed by atoms with Gasteiger partial charge in [-0.25, -0.2) is 8.78 Å². The summed E-state index contributed by atoms with van der Waals surface area (Å²) in [5, 5.41) is 2.80. The first-order valence-corrected chi connectivity index (χ1v) is 7.99. The Morgan fingerprint density at radius 3 is 2.24 bits per heavy atom. The van der Waals surface area contributed by atoms with Gasteiger partial charge in [-0.1, -0.05) is 24.3 Å². The molecule has 6 heteroatoms. The fourth-order valence-electron chi connectivity index (χ4n) is 3.14. The summed E-state index contributed by atoms with van der Waals surface area (Å²) in [6.07, 6.45) is 0.105. The minimum Gasteiger partial charge on any atom is -0.352 e. The molecule has 2 aromatic carbocycles. The van der Waals surface area contributed by atoms with Gasteiger partial charge in [0.1, 0.15) is 11.6 Å². The number of carbonyl (C=O) groups is 2. The van der Waals surface area contributed by atoms with Gasteiger partial charge in [-0.3, -0.25) is 9.59 Å². The number of amides is 2. The Balaban J connectivity index is 1.74. The topological polar surface area (TPSA) is 49.4 Å². The highest BCUT2D eigenvalue weighted by atomic mass is 19.1. The summed E-state index contributed by atoms with van der Waals surface area (Å²) in [5.74, 6) is -1.64. The molecule has 3 rings (SSSR count). The lowest BCUT2D eigenvalue weighted by Crippen LogP contribution is -2.34.